The molecule has 0 unspecified atom stereocenters. The normalized spacial score (nSPS) is 15.7. The number of rotatable bonds is 6. The van der Waals surface area contributed by atoms with Gasteiger partial charge in [0.1, 0.15) is 12.7 Å². The summed E-state index contributed by atoms with van der Waals surface area (Å²) >= 11 is 0. The molecule has 1 aliphatic heterocycles. The van der Waals surface area contributed by atoms with E-state index in [1.54, 1.807) is 41.3 Å². The fraction of sp³-hybridized carbons (Fsp3) is 0.286. The molecule has 0 bridgehead atoms. The zero-order chi connectivity index (χ0) is 21.0. The van der Waals surface area contributed by atoms with Crippen molar-refractivity contribution in [3.63, 3.8) is 0 Å². The lowest BCUT2D eigenvalue weighted by Crippen LogP contribution is -2.41. The minimum atomic E-state index is -3.51. The van der Waals surface area contributed by atoms with E-state index in [1.165, 1.54) is 10.6 Å². The van der Waals surface area contributed by atoms with Crippen LogP contribution in [-0.4, -0.2) is 46.5 Å². The first-order chi connectivity index (χ1) is 14.5. The lowest BCUT2D eigenvalue weighted by molar-refractivity contribution is -0.120. The number of nitrogens with one attached hydrogen (secondary N) is 1. The maximum atomic E-state index is 12.7. The number of piperidine rings is 1. The largest absolute Gasteiger partial charge is 0.326 e. The van der Waals surface area contributed by atoms with Crippen molar-refractivity contribution < 1.29 is 13.2 Å². The number of aromatic nitrogens is 3. The molecule has 3 aromatic rings. The zero-order valence-electron chi connectivity index (χ0n) is 16.4. The van der Waals surface area contributed by atoms with E-state index in [9.17, 15) is 13.2 Å². The quantitative estimate of drug-likeness (QED) is 0.654. The van der Waals surface area contributed by atoms with Gasteiger partial charge in [-0.3, -0.25) is 4.79 Å². The Morgan fingerprint density at radius 2 is 1.73 bits per heavy atom. The van der Waals surface area contributed by atoms with Gasteiger partial charge in [0, 0.05) is 24.7 Å². The van der Waals surface area contributed by atoms with Crippen LogP contribution in [0, 0.1) is 5.92 Å². The van der Waals surface area contributed by atoms with Crippen LogP contribution in [0.1, 0.15) is 18.4 Å². The smallest absolute Gasteiger partial charge is 0.243 e. The van der Waals surface area contributed by atoms with E-state index in [0.29, 0.717) is 37.4 Å². The van der Waals surface area contributed by atoms with Crippen LogP contribution < -0.4 is 5.32 Å². The SMILES string of the molecule is O=C(Nc1ccc(Cn2cncn2)cc1)C1CCN(S(=O)(=O)c2ccccc2)CC1. The molecular weight excluding hydrogens is 402 g/mol. The Kier molecular flexibility index (Phi) is 5.91. The molecule has 30 heavy (non-hydrogen) atoms. The van der Waals surface area contributed by atoms with Crippen molar-refractivity contribution in [2.75, 3.05) is 18.4 Å². The Hall–Kier alpha value is -3.04. The Labute approximate surface area is 175 Å². The van der Waals surface area contributed by atoms with Crippen LogP contribution >= 0.6 is 0 Å². The maximum Gasteiger partial charge on any atom is 0.243 e. The van der Waals surface area contributed by atoms with Crippen LogP contribution in [0.2, 0.25) is 0 Å². The lowest BCUT2D eigenvalue weighted by Gasteiger charge is -2.30. The minimum absolute atomic E-state index is 0.0733. The second-order valence-corrected chi connectivity index (χ2v) is 9.21. The predicted molar refractivity (Wildman–Crippen MR) is 112 cm³/mol. The molecule has 0 spiro atoms. The van der Waals surface area contributed by atoms with E-state index in [-0.39, 0.29) is 11.8 Å². The highest BCUT2D eigenvalue weighted by molar-refractivity contribution is 7.89. The molecule has 1 fully saturated rings. The summed E-state index contributed by atoms with van der Waals surface area (Å²) in [4.78, 5) is 16.8. The van der Waals surface area contributed by atoms with Crippen molar-refractivity contribution in [2.24, 2.45) is 5.92 Å². The number of carbonyl (C=O) groups excluding carboxylic acids is 1. The molecule has 2 aromatic carbocycles. The molecular formula is C21H23N5O3S. The van der Waals surface area contributed by atoms with Gasteiger partial charge in [-0.25, -0.2) is 18.1 Å². The third kappa shape index (κ3) is 4.58. The van der Waals surface area contributed by atoms with Gasteiger partial charge in [0.05, 0.1) is 11.4 Å². The van der Waals surface area contributed by atoms with Crippen molar-refractivity contribution in [2.45, 2.75) is 24.3 Å². The molecule has 1 aliphatic rings. The van der Waals surface area contributed by atoms with Crippen molar-refractivity contribution in [1.29, 1.82) is 0 Å². The van der Waals surface area contributed by atoms with Crippen LogP contribution in [0.4, 0.5) is 5.69 Å². The predicted octanol–water partition coefficient (Wildman–Crippen LogP) is 2.37. The minimum Gasteiger partial charge on any atom is -0.326 e. The molecule has 156 valence electrons. The number of nitrogens with zero attached hydrogens (tertiary/aromatic N) is 4. The Morgan fingerprint density at radius 1 is 1.03 bits per heavy atom. The van der Waals surface area contributed by atoms with Gasteiger partial charge in [-0.05, 0) is 42.7 Å². The van der Waals surface area contributed by atoms with Crippen molar-refractivity contribution in [1.82, 2.24) is 19.1 Å². The summed E-state index contributed by atoms with van der Waals surface area (Å²) in [7, 11) is -3.51. The van der Waals surface area contributed by atoms with Gasteiger partial charge >= 0.3 is 0 Å². The van der Waals surface area contributed by atoms with E-state index in [1.807, 2.05) is 24.3 Å². The van der Waals surface area contributed by atoms with E-state index in [0.717, 1.165) is 11.3 Å². The van der Waals surface area contributed by atoms with Gasteiger partial charge in [-0.1, -0.05) is 30.3 Å². The molecule has 1 aromatic heterocycles. The van der Waals surface area contributed by atoms with Crippen molar-refractivity contribution >= 4 is 21.6 Å². The molecule has 1 amide bonds. The van der Waals surface area contributed by atoms with E-state index < -0.39 is 10.0 Å². The Bertz CT molecular complexity index is 1080. The van der Waals surface area contributed by atoms with Crippen LogP contribution in [0.25, 0.3) is 0 Å². The average Bonchev–Trinajstić information content (AvgIpc) is 3.29. The summed E-state index contributed by atoms with van der Waals surface area (Å²) in [5.74, 6) is -0.280. The number of hydrogen-bond donors (Lipinski definition) is 1. The van der Waals surface area contributed by atoms with E-state index >= 15 is 0 Å². The van der Waals surface area contributed by atoms with Gasteiger partial charge in [-0.2, -0.15) is 9.40 Å². The third-order valence-corrected chi connectivity index (χ3v) is 7.15. The molecule has 0 saturated carbocycles. The van der Waals surface area contributed by atoms with Crippen LogP contribution in [0.15, 0.2) is 72.1 Å². The molecule has 1 N–H and O–H groups in total. The molecule has 0 aliphatic carbocycles. The highest BCUT2D eigenvalue weighted by Crippen LogP contribution is 2.25. The highest BCUT2D eigenvalue weighted by atomic mass is 32.2. The monoisotopic (exact) mass is 425 g/mol. The van der Waals surface area contributed by atoms with Gasteiger partial charge in [0.2, 0.25) is 15.9 Å². The van der Waals surface area contributed by atoms with Gasteiger partial charge in [-0.15, -0.1) is 0 Å². The van der Waals surface area contributed by atoms with Gasteiger partial charge in [0.25, 0.3) is 0 Å². The number of sulfonamides is 1. The Balaban J connectivity index is 1.31. The van der Waals surface area contributed by atoms with Crippen LogP contribution in [-0.2, 0) is 21.4 Å². The first-order valence-electron chi connectivity index (χ1n) is 9.80. The summed E-state index contributed by atoms with van der Waals surface area (Å²) in [6, 6.07) is 16.0. The first kappa shape index (κ1) is 20.2. The molecule has 9 heteroatoms. The molecule has 8 nitrogen and oxygen atoms in total. The number of hydrogen-bond acceptors (Lipinski definition) is 5. The molecule has 1 saturated heterocycles. The summed E-state index contributed by atoms with van der Waals surface area (Å²) in [6.45, 7) is 1.29. The zero-order valence-corrected chi connectivity index (χ0v) is 17.2. The highest BCUT2D eigenvalue weighted by Gasteiger charge is 2.32. The number of carbonyl (C=O) groups is 1. The van der Waals surface area contributed by atoms with Crippen molar-refractivity contribution in [3.8, 4) is 0 Å². The first-order valence-corrected chi connectivity index (χ1v) is 11.2. The summed E-state index contributed by atoms with van der Waals surface area (Å²) < 4.78 is 28.6. The molecule has 2 heterocycles. The molecule has 0 radical (unpaired) electrons. The summed E-state index contributed by atoms with van der Waals surface area (Å²) in [5, 5.41) is 7.02. The summed E-state index contributed by atoms with van der Waals surface area (Å²) in [5.41, 5.74) is 1.78. The van der Waals surface area contributed by atoms with E-state index in [2.05, 4.69) is 15.4 Å². The van der Waals surface area contributed by atoms with Gasteiger partial charge in [0.15, 0.2) is 0 Å². The number of amides is 1. The second-order valence-electron chi connectivity index (χ2n) is 7.27. The fourth-order valence-corrected chi connectivity index (χ4v) is 5.03. The average molecular weight is 426 g/mol. The maximum absolute atomic E-state index is 12.7. The lowest BCUT2D eigenvalue weighted by atomic mass is 9.97. The van der Waals surface area contributed by atoms with Gasteiger partial charge < -0.3 is 5.32 Å². The third-order valence-electron chi connectivity index (χ3n) is 5.24. The topological polar surface area (TPSA) is 97.2 Å². The second kappa shape index (κ2) is 8.76. The summed E-state index contributed by atoms with van der Waals surface area (Å²) in [6.07, 6.45) is 4.15. The number of anilines is 1. The number of benzene rings is 2. The molecule has 4 rings (SSSR count). The standard InChI is InChI=1S/C21H23N5O3S/c27-21(24-19-8-6-17(7-9-19)14-25-16-22-15-23-25)18-10-12-26(13-11-18)30(28,29)20-4-2-1-3-5-20/h1-9,15-16,18H,10-14H2,(H,24,27). The fourth-order valence-electron chi connectivity index (χ4n) is 3.54. The Morgan fingerprint density at radius 3 is 2.37 bits per heavy atom. The van der Waals surface area contributed by atoms with E-state index in [4.69, 9.17) is 0 Å². The molecule has 0 atom stereocenters. The van der Waals surface area contributed by atoms with Crippen LogP contribution in [0.5, 0.6) is 0 Å². The van der Waals surface area contributed by atoms with Crippen LogP contribution in [0.3, 0.4) is 0 Å². The van der Waals surface area contributed by atoms with Crippen molar-refractivity contribution in [3.05, 3.63) is 72.8 Å².